The summed E-state index contributed by atoms with van der Waals surface area (Å²) in [5.41, 5.74) is 0.526. The van der Waals surface area contributed by atoms with Crippen LogP contribution in [0.15, 0.2) is 42.5 Å². The maximum atomic E-state index is 13.1. The van der Waals surface area contributed by atoms with Crippen molar-refractivity contribution in [3.05, 3.63) is 58.7 Å². The van der Waals surface area contributed by atoms with Crippen molar-refractivity contribution in [2.75, 3.05) is 45.2 Å². The molecule has 2 saturated heterocycles. The molecule has 1 aromatic heterocycles. The Bertz CT molecular complexity index is 1020. The fourth-order valence-corrected chi connectivity index (χ4v) is 5.30. The third kappa shape index (κ3) is 5.78. The van der Waals surface area contributed by atoms with Crippen molar-refractivity contribution in [1.29, 1.82) is 0 Å². The fourth-order valence-electron chi connectivity index (χ4n) is 5.07. The molecule has 0 radical (unpaired) electrons. The molecule has 2 aliphatic rings. The molecule has 0 bridgehead atoms. The van der Waals surface area contributed by atoms with Gasteiger partial charge in [0.2, 0.25) is 0 Å². The molecule has 2 fully saturated rings. The number of anilines is 1. The number of benzene rings is 1. The Kier molecular flexibility index (Phi) is 8.29. The zero-order valence-corrected chi connectivity index (χ0v) is 21.4. The summed E-state index contributed by atoms with van der Waals surface area (Å²) in [6.07, 6.45) is 5.80. The van der Waals surface area contributed by atoms with Crippen LogP contribution < -0.4 is 10.2 Å². The average molecular weight is 499 g/mol. The number of amides is 2. The van der Waals surface area contributed by atoms with E-state index in [-0.39, 0.29) is 17.0 Å². The van der Waals surface area contributed by atoms with E-state index in [2.05, 4.69) is 15.2 Å². The number of halogens is 1. The molecule has 7 nitrogen and oxygen atoms in total. The van der Waals surface area contributed by atoms with Gasteiger partial charge < -0.3 is 19.9 Å². The van der Waals surface area contributed by atoms with Gasteiger partial charge in [-0.15, -0.1) is 0 Å². The standard InChI is InChI=1S/C27H35ClN4O3/c1-31(2)25(33)22-11-12-23(30-24(22)28)32-17-13-20(14-18-32)8-6-16-29-26(34)27(15-7-19-35-27)21-9-4-3-5-10-21/h3-5,9-12,20H,6-8,13-19H2,1-2H3,(H,29,34)/t27-/m0/s1. The Labute approximate surface area is 212 Å². The number of hydrogen-bond acceptors (Lipinski definition) is 5. The van der Waals surface area contributed by atoms with E-state index < -0.39 is 5.60 Å². The SMILES string of the molecule is CN(C)C(=O)c1ccc(N2CCC(CCCNC(=O)[C@@]3(c4ccccc4)CCCO3)CC2)nc1Cl. The van der Waals surface area contributed by atoms with E-state index in [9.17, 15) is 9.59 Å². The van der Waals surface area contributed by atoms with Crippen molar-refractivity contribution < 1.29 is 14.3 Å². The summed E-state index contributed by atoms with van der Waals surface area (Å²) in [5, 5.41) is 3.39. The highest BCUT2D eigenvalue weighted by Crippen LogP contribution is 2.36. The van der Waals surface area contributed by atoms with Gasteiger partial charge in [0.1, 0.15) is 11.0 Å². The van der Waals surface area contributed by atoms with Crippen LogP contribution in [0.3, 0.4) is 0 Å². The Morgan fingerprint density at radius 1 is 1.17 bits per heavy atom. The second kappa shape index (κ2) is 11.4. The van der Waals surface area contributed by atoms with Crippen LogP contribution >= 0.6 is 11.6 Å². The number of carbonyl (C=O) groups excluding carboxylic acids is 2. The Morgan fingerprint density at radius 2 is 1.91 bits per heavy atom. The van der Waals surface area contributed by atoms with E-state index in [0.29, 0.717) is 24.6 Å². The molecule has 2 aromatic rings. The lowest BCUT2D eigenvalue weighted by Gasteiger charge is -2.33. The summed E-state index contributed by atoms with van der Waals surface area (Å²) in [6.45, 7) is 3.10. The molecule has 35 heavy (non-hydrogen) atoms. The monoisotopic (exact) mass is 498 g/mol. The molecule has 3 heterocycles. The number of ether oxygens (including phenoxy) is 1. The first-order valence-corrected chi connectivity index (χ1v) is 12.9. The lowest BCUT2D eigenvalue weighted by Crippen LogP contribution is -2.44. The number of piperidine rings is 1. The highest BCUT2D eigenvalue weighted by atomic mass is 35.5. The Hall–Kier alpha value is -2.64. The molecule has 4 rings (SSSR count). The topological polar surface area (TPSA) is 74.8 Å². The first kappa shape index (κ1) is 25.5. The van der Waals surface area contributed by atoms with Gasteiger partial charge in [-0.1, -0.05) is 41.9 Å². The van der Waals surface area contributed by atoms with Crippen LogP contribution in [-0.4, -0.2) is 62.0 Å². The molecule has 0 saturated carbocycles. The van der Waals surface area contributed by atoms with Gasteiger partial charge in [0, 0.05) is 40.3 Å². The number of rotatable bonds is 8. The Balaban J connectivity index is 1.22. The normalized spacial score (nSPS) is 20.6. The van der Waals surface area contributed by atoms with Crippen molar-refractivity contribution in [2.24, 2.45) is 5.92 Å². The molecule has 1 atom stereocenters. The van der Waals surface area contributed by atoms with Gasteiger partial charge in [0.05, 0.1) is 5.56 Å². The maximum Gasteiger partial charge on any atom is 0.256 e. The van der Waals surface area contributed by atoms with Crippen LogP contribution in [0.2, 0.25) is 5.15 Å². The summed E-state index contributed by atoms with van der Waals surface area (Å²) in [6, 6.07) is 13.5. The van der Waals surface area contributed by atoms with E-state index in [1.165, 1.54) is 4.90 Å². The molecule has 1 aromatic carbocycles. The molecular formula is C27H35ClN4O3. The minimum atomic E-state index is -0.840. The molecular weight excluding hydrogens is 464 g/mol. The first-order valence-electron chi connectivity index (χ1n) is 12.5. The first-order chi connectivity index (χ1) is 16.9. The zero-order chi connectivity index (χ0) is 24.8. The van der Waals surface area contributed by atoms with Gasteiger partial charge in [-0.3, -0.25) is 9.59 Å². The number of hydrogen-bond donors (Lipinski definition) is 1. The van der Waals surface area contributed by atoms with Crippen LogP contribution in [0.4, 0.5) is 5.82 Å². The lowest BCUT2D eigenvalue weighted by molar-refractivity contribution is -0.142. The maximum absolute atomic E-state index is 13.1. The van der Waals surface area contributed by atoms with Gasteiger partial charge in [-0.2, -0.15) is 0 Å². The van der Waals surface area contributed by atoms with E-state index >= 15 is 0 Å². The summed E-state index contributed by atoms with van der Waals surface area (Å²) in [4.78, 5) is 33.5. The highest BCUT2D eigenvalue weighted by Gasteiger charge is 2.44. The van der Waals surface area contributed by atoms with Gasteiger partial charge >= 0.3 is 0 Å². The molecule has 8 heteroatoms. The second-order valence-corrected chi connectivity index (χ2v) is 10.0. The molecule has 2 aliphatic heterocycles. The molecule has 188 valence electrons. The minimum Gasteiger partial charge on any atom is -0.360 e. The number of carbonyl (C=O) groups is 2. The van der Waals surface area contributed by atoms with Crippen LogP contribution in [0.5, 0.6) is 0 Å². The number of aromatic nitrogens is 1. The molecule has 1 N–H and O–H groups in total. The zero-order valence-electron chi connectivity index (χ0n) is 20.6. The molecule has 0 aliphatic carbocycles. The fraction of sp³-hybridized carbons (Fsp3) is 0.519. The largest absolute Gasteiger partial charge is 0.360 e. The van der Waals surface area contributed by atoms with Crippen molar-refractivity contribution in [3.8, 4) is 0 Å². The second-order valence-electron chi connectivity index (χ2n) is 9.68. The Morgan fingerprint density at radius 3 is 2.54 bits per heavy atom. The van der Waals surface area contributed by atoms with Crippen LogP contribution in [0, 0.1) is 5.92 Å². The lowest BCUT2D eigenvalue weighted by atomic mass is 9.89. The van der Waals surface area contributed by atoms with Gasteiger partial charge in [-0.05, 0) is 62.1 Å². The van der Waals surface area contributed by atoms with Crippen molar-refractivity contribution in [3.63, 3.8) is 0 Å². The predicted molar refractivity (Wildman–Crippen MR) is 138 cm³/mol. The van der Waals surface area contributed by atoms with Crippen LogP contribution in [-0.2, 0) is 15.1 Å². The summed E-state index contributed by atoms with van der Waals surface area (Å²) in [7, 11) is 3.40. The number of nitrogens with one attached hydrogen (secondary N) is 1. The molecule has 0 unspecified atom stereocenters. The molecule has 0 spiro atoms. The van der Waals surface area contributed by atoms with E-state index in [1.807, 2.05) is 36.4 Å². The average Bonchev–Trinajstić information content (AvgIpc) is 3.38. The minimum absolute atomic E-state index is 0.0184. The van der Waals surface area contributed by atoms with Gasteiger partial charge in [0.15, 0.2) is 5.60 Å². The number of nitrogens with zero attached hydrogens (tertiary/aromatic N) is 3. The van der Waals surface area contributed by atoms with Crippen molar-refractivity contribution >= 4 is 29.2 Å². The summed E-state index contributed by atoms with van der Waals surface area (Å²) >= 11 is 6.29. The van der Waals surface area contributed by atoms with Crippen LogP contribution in [0.25, 0.3) is 0 Å². The van der Waals surface area contributed by atoms with Crippen molar-refractivity contribution in [1.82, 2.24) is 15.2 Å². The van der Waals surface area contributed by atoms with E-state index in [0.717, 1.165) is 63.0 Å². The number of pyridine rings is 1. The van der Waals surface area contributed by atoms with Gasteiger partial charge in [0.25, 0.3) is 11.8 Å². The molecule has 2 amide bonds. The predicted octanol–water partition coefficient (Wildman–Crippen LogP) is 4.26. The van der Waals surface area contributed by atoms with Crippen LogP contribution in [0.1, 0.15) is 54.4 Å². The van der Waals surface area contributed by atoms with E-state index in [4.69, 9.17) is 16.3 Å². The quantitative estimate of drug-likeness (QED) is 0.435. The smallest absolute Gasteiger partial charge is 0.256 e. The third-order valence-corrected chi connectivity index (χ3v) is 7.40. The van der Waals surface area contributed by atoms with Crippen molar-refractivity contribution in [2.45, 2.75) is 44.1 Å². The summed E-state index contributed by atoms with van der Waals surface area (Å²) in [5.74, 6) is 1.28. The highest BCUT2D eigenvalue weighted by molar-refractivity contribution is 6.32. The van der Waals surface area contributed by atoms with E-state index in [1.54, 1.807) is 20.2 Å². The summed E-state index contributed by atoms with van der Waals surface area (Å²) < 4.78 is 5.98. The van der Waals surface area contributed by atoms with Gasteiger partial charge in [-0.25, -0.2) is 4.98 Å². The third-order valence-electron chi connectivity index (χ3n) is 7.11.